The van der Waals surface area contributed by atoms with Crippen molar-refractivity contribution in [2.75, 3.05) is 33.3 Å². The summed E-state index contributed by atoms with van der Waals surface area (Å²) in [4.78, 5) is 17.5. The molecule has 1 unspecified atom stereocenters. The van der Waals surface area contributed by atoms with Crippen molar-refractivity contribution in [1.29, 1.82) is 0 Å². The molecule has 0 bridgehead atoms. The van der Waals surface area contributed by atoms with Crippen LogP contribution in [0.15, 0.2) is 28.8 Å². The highest BCUT2D eigenvalue weighted by molar-refractivity contribution is 5.75. The summed E-state index contributed by atoms with van der Waals surface area (Å²) >= 11 is 0. The van der Waals surface area contributed by atoms with Gasteiger partial charge in [0.05, 0.1) is 6.04 Å². The van der Waals surface area contributed by atoms with Gasteiger partial charge in [-0.2, -0.15) is 4.98 Å². The minimum Gasteiger partial charge on any atom is -0.484 e. The number of rotatable bonds is 5. The van der Waals surface area contributed by atoms with Crippen LogP contribution in [0.3, 0.4) is 0 Å². The van der Waals surface area contributed by atoms with Crippen molar-refractivity contribution >= 4 is 5.91 Å². The molecule has 122 valence electrons. The van der Waals surface area contributed by atoms with Crippen molar-refractivity contribution in [3.63, 3.8) is 0 Å². The SMILES string of the molecule is CN1CCNCC1c1noc(-c2cccc(OCC(N)=O)c2)n1. The monoisotopic (exact) mass is 317 g/mol. The maximum absolute atomic E-state index is 10.8. The first-order valence-electron chi connectivity index (χ1n) is 7.39. The largest absolute Gasteiger partial charge is 0.484 e. The van der Waals surface area contributed by atoms with E-state index in [-0.39, 0.29) is 12.6 Å². The Kier molecular flexibility index (Phi) is 4.54. The van der Waals surface area contributed by atoms with Gasteiger partial charge in [-0.15, -0.1) is 0 Å². The number of primary amides is 1. The molecule has 1 amide bonds. The van der Waals surface area contributed by atoms with Gasteiger partial charge in [-0.3, -0.25) is 9.69 Å². The summed E-state index contributed by atoms with van der Waals surface area (Å²) < 4.78 is 10.7. The molecule has 0 spiro atoms. The van der Waals surface area contributed by atoms with Crippen LogP contribution in [0, 0.1) is 0 Å². The van der Waals surface area contributed by atoms with E-state index in [1.807, 2.05) is 13.1 Å². The minimum absolute atomic E-state index is 0.0931. The maximum Gasteiger partial charge on any atom is 0.258 e. The average molecular weight is 317 g/mol. The van der Waals surface area contributed by atoms with Crippen LogP contribution in [0.1, 0.15) is 11.9 Å². The number of piperazine rings is 1. The van der Waals surface area contributed by atoms with Crippen LogP contribution < -0.4 is 15.8 Å². The molecule has 0 saturated carbocycles. The van der Waals surface area contributed by atoms with Gasteiger partial charge in [-0.1, -0.05) is 11.2 Å². The molecule has 1 atom stereocenters. The lowest BCUT2D eigenvalue weighted by Crippen LogP contribution is -2.44. The third-order valence-corrected chi connectivity index (χ3v) is 3.71. The van der Waals surface area contributed by atoms with Gasteiger partial charge < -0.3 is 20.3 Å². The molecule has 3 rings (SSSR count). The van der Waals surface area contributed by atoms with Crippen molar-refractivity contribution < 1.29 is 14.1 Å². The Morgan fingerprint density at radius 3 is 3.22 bits per heavy atom. The summed E-state index contributed by atoms with van der Waals surface area (Å²) in [5.74, 6) is 1.07. The maximum atomic E-state index is 10.8. The van der Waals surface area contributed by atoms with Gasteiger partial charge in [0.2, 0.25) is 0 Å². The Balaban J connectivity index is 1.77. The summed E-state index contributed by atoms with van der Waals surface area (Å²) in [6.07, 6.45) is 0. The number of hydrogen-bond donors (Lipinski definition) is 2. The predicted molar refractivity (Wildman–Crippen MR) is 82.7 cm³/mol. The molecule has 1 aromatic carbocycles. The quantitative estimate of drug-likeness (QED) is 0.810. The number of benzene rings is 1. The Hall–Kier alpha value is -2.45. The van der Waals surface area contributed by atoms with Crippen LogP contribution in [0.2, 0.25) is 0 Å². The second-order valence-electron chi connectivity index (χ2n) is 5.44. The van der Waals surface area contributed by atoms with E-state index in [1.54, 1.807) is 18.2 Å². The Labute approximate surface area is 133 Å². The standard InChI is InChI=1S/C15H19N5O3/c1-20-6-5-17-8-12(20)14-18-15(23-19-14)10-3-2-4-11(7-10)22-9-13(16)21/h2-4,7,12,17H,5-6,8-9H2,1H3,(H2,16,21). The number of hydrogen-bond acceptors (Lipinski definition) is 7. The van der Waals surface area contributed by atoms with Crippen molar-refractivity contribution in [1.82, 2.24) is 20.4 Å². The molecule has 8 nitrogen and oxygen atoms in total. The van der Waals surface area contributed by atoms with Gasteiger partial charge in [0.15, 0.2) is 12.4 Å². The van der Waals surface area contributed by atoms with E-state index in [4.69, 9.17) is 15.0 Å². The highest BCUT2D eigenvalue weighted by Gasteiger charge is 2.25. The predicted octanol–water partition coefficient (Wildman–Crippen LogP) is 0.177. The zero-order chi connectivity index (χ0) is 16.2. The normalized spacial score (nSPS) is 18.7. The lowest BCUT2D eigenvalue weighted by Gasteiger charge is -2.30. The molecule has 23 heavy (non-hydrogen) atoms. The number of nitrogens with one attached hydrogen (secondary N) is 1. The Morgan fingerprint density at radius 2 is 2.43 bits per heavy atom. The fourth-order valence-electron chi connectivity index (χ4n) is 2.46. The van der Waals surface area contributed by atoms with E-state index in [0.717, 1.165) is 25.2 Å². The number of nitrogens with zero attached hydrogens (tertiary/aromatic N) is 3. The zero-order valence-electron chi connectivity index (χ0n) is 12.9. The van der Waals surface area contributed by atoms with Gasteiger partial charge in [0.1, 0.15) is 5.75 Å². The fourth-order valence-corrected chi connectivity index (χ4v) is 2.46. The summed E-state index contributed by atoms with van der Waals surface area (Å²) in [5, 5.41) is 7.41. The fraction of sp³-hybridized carbons (Fsp3) is 0.400. The average Bonchev–Trinajstić information content (AvgIpc) is 3.03. The lowest BCUT2D eigenvalue weighted by molar-refractivity contribution is -0.119. The molecule has 0 aliphatic carbocycles. The number of carbonyl (C=O) groups excluding carboxylic acids is 1. The molecule has 1 aliphatic rings. The number of amides is 1. The molecule has 2 aromatic rings. The number of aromatic nitrogens is 2. The van der Waals surface area contributed by atoms with Gasteiger partial charge in [-0.25, -0.2) is 0 Å². The molecule has 1 aliphatic heterocycles. The van der Waals surface area contributed by atoms with Gasteiger partial charge >= 0.3 is 0 Å². The second kappa shape index (κ2) is 6.76. The van der Waals surface area contributed by atoms with Crippen LogP contribution >= 0.6 is 0 Å². The van der Waals surface area contributed by atoms with E-state index in [1.165, 1.54) is 0 Å². The van der Waals surface area contributed by atoms with Gasteiger partial charge in [0.25, 0.3) is 11.8 Å². The van der Waals surface area contributed by atoms with Crippen molar-refractivity contribution in [3.8, 4) is 17.2 Å². The Morgan fingerprint density at radius 1 is 1.57 bits per heavy atom. The number of likely N-dealkylation sites (N-methyl/N-ethyl adjacent to an activating group) is 1. The van der Waals surface area contributed by atoms with E-state index < -0.39 is 5.91 Å². The summed E-state index contributed by atoms with van der Waals surface area (Å²) in [6.45, 7) is 2.51. The third kappa shape index (κ3) is 3.66. The van der Waals surface area contributed by atoms with Crippen molar-refractivity contribution in [2.24, 2.45) is 5.73 Å². The van der Waals surface area contributed by atoms with E-state index in [2.05, 4.69) is 20.4 Å². The first kappa shape index (κ1) is 15.4. The molecule has 3 N–H and O–H groups in total. The second-order valence-corrected chi connectivity index (χ2v) is 5.44. The summed E-state index contributed by atoms with van der Waals surface area (Å²) in [7, 11) is 2.04. The van der Waals surface area contributed by atoms with Gasteiger partial charge in [0, 0.05) is 25.2 Å². The molecule has 0 radical (unpaired) electrons. The minimum atomic E-state index is -0.525. The van der Waals surface area contributed by atoms with E-state index in [0.29, 0.717) is 17.5 Å². The van der Waals surface area contributed by atoms with Crippen LogP contribution in [-0.4, -0.2) is 54.2 Å². The van der Waals surface area contributed by atoms with Crippen LogP contribution in [0.5, 0.6) is 5.75 Å². The van der Waals surface area contributed by atoms with Gasteiger partial charge in [-0.05, 0) is 25.2 Å². The first-order chi connectivity index (χ1) is 11.1. The van der Waals surface area contributed by atoms with Crippen LogP contribution in [0.25, 0.3) is 11.5 Å². The molecule has 1 fully saturated rings. The lowest BCUT2D eigenvalue weighted by atomic mass is 10.2. The Bertz CT molecular complexity index is 687. The molecular formula is C15H19N5O3. The molecular weight excluding hydrogens is 298 g/mol. The van der Waals surface area contributed by atoms with E-state index in [9.17, 15) is 4.79 Å². The summed E-state index contributed by atoms with van der Waals surface area (Å²) in [5.41, 5.74) is 5.81. The zero-order valence-corrected chi connectivity index (χ0v) is 12.9. The highest BCUT2D eigenvalue weighted by atomic mass is 16.5. The number of ether oxygens (including phenoxy) is 1. The number of nitrogens with two attached hydrogens (primary N) is 1. The van der Waals surface area contributed by atoms with Crippen LogP contribution in [0.4, 0.5) is 0 Å². The molecule has 1 saturated heterocycles. The first-order valence-corrected chi connectivity index (χ1v) is 7.39. The van der Waals surface area contributed by atoms with Crippen LogP contribution in [-0.2, 0) is 4.79 Å². The van der Waals surface area contributed by atoms with Crippen molar-refractivity contribution in [2.45, 2.75) is 6.04 Å². The smallest absolute Gasteiger partial charge is 0.258 e. The molecule has 1 aromatic heterocycles. The van der Waals surface area contributed by atoms with Crippen molar-refractivity contribution in [3.05, 3.63) is 30.1 Å². The summed E-state index contributed by atoms with van der Waals surface area (Å²) in [6, 6.07) is 7.21. The number of carbonyl (C=O) groups is 1. The molecule has 8 heteroatoms. The van der Waals surface area contributed by atoms with E-state index >= 15 is 0 Å². The topological polar surface area (TPSA) is 107 Å². The third-order valence-electron chi connectivity index (χ3n) is 3.71. The highest BCUT2D eigenvalue weighted by Crippen LogP contribution is 2.25. The molecule has 2 heterocycles.